The van der Waals surface area contributed by atoms with Crippen molar-refractivity contribution in [3.05, 3.63) is 51.2 Å². The molecule has 6 heteroatoms. The summed E-state index contributed by atoms with van der Waals surface area (Å²) in [5.74, 6) is 0.467. The molecule has 0 radical (unpaired) electrons. The van der Waals surface area contributed by atoms with Crippen LogP contribution in [-0.4, -0.2) is 14.7 Å². The van der Waals surface area contributed by atoms with Gasteiger partial charge in [-0.3, -0.25) is 10.1 Å². The highest BCUT2D eigenvalue weighted by Gasteiger charge is 2.26. The number of aromatic nitrogens is 2. The minimum absolute atomic E-state index is 0.0522. The summed E-state index contributed by atoms with van der Waals surface area (Å²) in [4.78, 5) is 10.9. The summed E-state index contributed by atoms with van der Waals surface area (Å²) >= 11 is 0. The third-order valence-corrected chi connectivity index (χ3v) is 3.27. The van der Waals surface area contributed by atoms with Gasteiger partial charge in [0.05, 0.1) is 4.92 Å². The Bertz CT molecular complexity index is 662. The molecule has 0 fully saturated rings. The monoisotopic (exact) mass is 288 g/mol. The number of nitro groups is 1. The Balaban J connectivity index is 2.32. The Hall–Kier alpha value is -2.37. The lowest BCUT2D eigenvalue weighted by molar-refractivity contribution is -0.384. The molecule has 0 aliphatic heterocycles. The summed E-state index contributed by atoms with van der Waals surface area (Å²) < 4.78 is 1.67. The molecule has 2 rings (SSSR count). The molecular formula is C15H20N4O2. The van der Waals surface area contributed by atoms with E-state index in [9.17, 15) is 10.1 Å². The first-order valence-electron chi connectivity index (χ1n) is 6.93. The summed E-state index contributed by atoms with van der Waals surface area (Å²) in [6.45, 7) is 8.12. The van der Waals surface area contributed by atoms with Gasteiger partial charge in [-0.2, -0.15) is 5.10 Å². The molecule has 2 aromatic rings. The quantitative estimate of drug-likeness (QED) is 0.674. The van der Waals surface area contributed by atoms with Crippen LogP contribution in [0.4, 0.5) is 11.5 Å². The lowest BCUT2D eigenvalue weighted by atomic mass is 10.1. The largest absolute Gasteiger partial charge is 0.360 e. The van der Waals surface area contributed by atoms with Crippen molar-refractivity contribution in [2.45, 2.75) is 40.3 Å². The molecule has 0 aliphatic rings. The van der Waals surface area contributed by atoms with Gasteiger partial charge in [0, 0.05) is 12.6 Å². The van der Waals surface area contributed by atoms with Crippen LogP contribution in [0, 0.1) is 24.0 Å². The zero-order valence-corrected chi connectivity index (χ0v) is 12.8. The number of anilines is 1. The molecule has 1 aromatic heterocycles. The second-order valence-electron chi connectivity index (χ2n) is 5.42. The predicted molar refractivity (Wildman–Crippen MR) is 82.5 cm³/mol. The first kappa shape index (κ1) is 15.0. The van der Waals surface area contributed by atoms with Crippen LogP contribution in [0.3, 0.4) is 0 Å². The van der Waals surface area contributed by atoms with E-state index >= 15 is 0 Å². The van der Waals surface area contributed by atoms with Gasteiger partial charge in [-0.25, -0.2) is 4.68 Å². The Morgan fingerprint density at radius 1 is 1.38 bits per heavy atom. The van der Waals surface area contributed by atoms with E-state index in [2.05, 4.69) is 16.5 Å². The average Bonchev–Trinajstić information content (AvgIpc) is 2.73. The zero-order valence-electron chi connectivity index (χ0n) is 12.8. The Labute approximate surface area is 123 Å². The highest BCUT2D eigenvalue weighted by Crippen LogP contribution is 2.30. The van der Waals surface area contributed by atoms with E-state index in [1.165, 1.54) is 0 Å². The van der Waals surface area contributed by atoms with Gasteiger partial charge in [0.15, 0.2) is 0 Å². The summed E-state index contributed by atoms with van der Waals surface area (Å²) in [7, 11) is 0. The van der Waals surface area contributed by atoms with E-state index in [4.69, 9.17) is 0 Å². The smallest absolute Gasteiger partial charge is 0.333 e. The summed E-state index contributed by atoms with van der Waals surface area (Å²) in [6, 6.07) is 8.11. The highest BCUT2D eigenvalue weighted by molar-refractivity contribution is 5.60. The molecular weight excluding hydrogens is 268 g/mol. The van der Waals surface area contributed by atoms with Crippen LogP contribution >= 0.6 is 0 Å². The van der Waals surface area contributed by atoms with Crippen LogP contribution in [-0.2, 0) is 6.54 Å². The number of hydrogen-bond donors (Lipinski definition) is 1. The second-order valence-corrected chi connectivity index (χ2v) is 5.42. The van der Waals surface area contributed by atoms with Gasteiger partial charge < -0.3 is 5.32 Å². The minimum Gasteiger partial charge on any atom is -0.360 e. The fourth-order valence-corrected chi connectivity index (χ4v) is 2.30. The first-order valence-corrected chi connectivity index (χ1v) is 6.93. The van der Waals surface area contributed by atoms with Crippen LogP contribution in [0.5, 0.6) is 0 Å². The third-order valence-electron chi connectivity index (χ3n) is 3.27. The average molecular weight is 288 g/mol. The van der Waals surface area contributed by atoms with Crippen molar-refractivity contribution in [1.29, 1.82) is 0 Å². The zero-order chi connectivity index (χ0) is 15.6. The predicted octanol–water partition coefficient (Wildman–Crippen LogP) is 3.60. The van der Waals surface area contributed by atoms with Gasteiger partial charge >= 0.3 is 5.69 Å². The molecule has 1 aromatic carbocycles. The van der Waals surface area contributed by atoms with Crippen molar-refractivity contribution in [3.8, 4) is 0 Å². The summed E-state index contributed by atoms with van der Waals surface area (Å²) in [6.07, 6.45) is 0. The molecule has 1 heterocycles. The molecule has 0 saturated heterocycles. The van der Waals surface area contributed by atoms with Crippen molar-refractivity contribution in [2.75, 3.05) is 5.32 Å². The fraction of sp³-hybridized carbons (Fsp3) is 0.400. The number of aryl methyl sites for hydroxylation is 2. The summed E-state index contributed by atoms with van der Waals surface area (Å²) in [5.41, 5.74) is 2.73. The van der Waals surface area contributed by atoms with Crippen LogP contribution in [0.2, 0.25) is 0 Å². The normalized spacial score (nSPS) is 10.9. The van der Waals surface area contributed by atoms with Crippen molar-refractivity contribution in [2.24, 2.45) is 0 Å². The van der Waals surface area contributed by atoms with Crippen molar-refractivity contribution >= 4 is 11.5 Å². The molecule has 0 atom stereocenters. The molecule has 21 heavy (non-hydrogen) atoms. The Kier molecular flexibility index (Phi) is 4.26. The number of nitrogens with zero attached hydrogens (tertiary/aromatic N) is 3. The van der Waals surface area contributed by atoms with Crippen LogP contribution in [0.1, 0.15) is 36.7 Å². The molecule has 0 aliphatic carbocycles. The maximum Gasteiger partial charge on any atom is 0.333 e. The molecule has 0 amide bonds. The van der Waals surface area contributed by atoms with Crippen LogP contribution < -0.4 is 5.32 Å². The molecule has 0 saturated carbocycles. The molecule has 0 unspecified atom stereocenters. The molecule has 0 bridgehead atoms. The number of benzene rings is 1. The maximum absolute atomic E-state index is 11.3. The Morgan fingerprint density at radius 3 is 2.67 bits per heavy atom. The van der Waals surface area contributed by atoms with E-state index in [1.54, 1.807) is 11.6 Å². The van der Waals surface area contributed by atoms with E-state index in [1.807, 2.05) is 39.0 Å². The van der Waals surface area contributed by atoms with Crippen molar-refractivity contribution in [1.82, 2.24) is 9.78 Å². The van der Waals surface area contributed by atoms with E-state index < -0.39 is 0 Å². The molecule has 0 spiro atoms. The van der Waals surface area contributed by atoms with Gasteiger partial charge in [0.25, 0.3) is 0 Å². The van der Waals surface area contributed by atoms with Gasteiger partial charge in [0.1, 0.15) is 5.69 Å². The maximum atomic E-state index is 11.3. The van der Waals surface area contributed by atoms with Crippen LogP contribution in [0.15, 0.2) is 24.3 Å². The van der Waals surface area contributed by atoms with Crippen molar-refractivity contribution in [3.63, 3.8) is 0 Å². The van der Waals surface area contributed by atoms with E-state index in [0.717, 1.165) is 11.1 Å². The van der Waals surface area contributed by atoms with Gasteiger partial charge in [-0.15, -0.1) is 0 Å². The minimum atomic E-state index is -0.375. The highest BCUT2D eigenvalue weighted by atomic mass is 16.6. The van der Waals surface area contributed by atoms with Crippen LogP contribution in [0.25, 0.3) is 0 Å². The third kappa shape index (κ3) is 3.21. The van der Waals surface area contributed by atoms with Crippen molar-refractivity contribution < 1.29 is 4.92 Å². The first-order chi connectivity index (χ1) is 9.90. The van der Waals surface area contributed by atoms with Gasteiger partial charge in [-0.05, 0) is 33.3 Å². The Morgan fingerprint density at radius 2 is 2.10 bits per heavy atom. The topological polar surface area (TPSA) is 73.0 Å². The SMILES string of the molecule is Cc1cccc(CNc2c([N+](=O)[O-])c(C)nn2C(C)C)c1. The fourth-order valence-electron chi connectivity index (χ4n) is 2.30. The lowest BCUT2D eigenvalue weighted by Gasteiger charge is -2.12. The summed E-state index contributed by atoms with van der Waals surface area (Å²) in [5, 5.41) is 18.7. The number of nitrogens with one attached hydrogen (secondary N) is 1. The number of rotatable bonds is 5. The van der Waals surface area contributed by atoms with Gasteiger partial charge in [0.2, 0.25) is 5.82 Å². The molecule has 6 nitrogen and oxygen atoms in total. The lowest BCUT2D eigenvalue weighted by Crippen LogP contribution is -2.11. The standard InChI is InChI=1S/C15H20N4O2/c1-10(2)18-15(14(19(20)21)12(4)17-18)16-9-13-7-5-6-11(3)8-13/h5-8,10,16H,9H2,1-4H3. The van der Waals surface area contributed by atoms with Gasteiger partial charge in [-0.1, -0.05) is 29.8 Å². The second kappa shape index (κ2) is 5.95. The molecule has 1 N–H and O–H groups in total. The number of hydrogen-bond acceptors (Lipinski definition) is 4. The van der Waals surface area contributed by atoms with E-state index in [0.29, 0.717) is 18.1 Å². The molecule has 112 valence electrons. The van der Waals surface area contributed by atoms with E-state index in [-0.39, 0.29) is 16.7 Å².